The second-order valence-corrected chi connectivity index (χ2v) is 11.4. The number of hydrogen-bond acceptors (Lipinski definition) is 2. The molecule has 8 aromatic rings. The third-order valence-corrected chi connectivity index (χ3v) is 8.66. The molecule has 2 aromatic heterocycles. The molecule has 2 heterocycles. The van der Waals surface area contributed by atoms with Gasteiger partial charge in [-0.25, -0.2) is 0 Å². The van der Waals surface area contributed by atoms with E-state index in [1.54, 1.807) is 6.07 Å². The van der Waals surface area contributed by atoms with Crippen molar-refractivity contribution in [3.8, 4) is 34.6 Å². The fourth-order valence-corrected chi connectivity index (χ4v) is 6.76. The summed E-state index contributed by atoms with van der Waals surface area (Å²) < 4.78 is 4.54. The predicted molar refractivity (Wildman–Crippen MR) is 179 cm³/mol. The maximum Gasteiger partial charge on any atom is 0.0999 e. The summed E-state index contributed by atoms with van der Waals surface area (Å²) in [6.07, 6.45) is 0. The molecule has 4 nitrogen and oxygen atoms in total. The average Bonchev–Trinajstić information content (AvgIpc) is 3.56. The highest BCUT2D eigenvalue weighted by Crippen LogP contribution is 2.41. The van der Waals surface area contributed by atoms with E-state index in [1.165, 1.54) is 21.9 Å². The van der Waals surface area contributed by atoms with E-state index < -0.39 is 0 Å². The molecule has 0 spiro atoms. The number of benzene rings is 6. The molecule has 8 rings (SSSR count). The van der Waals surface area contributed by atoms with Gasteiger partial charge in [0.05, 0.1) is 51.0 Å². The molecule has 0 N–H and O–H groups in total. The second kappa shape index (κ2) is 9.73. The quantitative estimate of drug-likeness (QED) is 0.215. The van der Waals surface area contributed by atoms with Gasteiger partial charge in [-0.2, -0.15) is 10.5 Å². The summed E-state index contributed by atoms with van der Waals surface area (Å²) in [4.78, 5) is 0. The summed E-state index contributed by atoms with van der Waals surface area (Å²) in [6, 6.07) is 46.5. The summed E-state index contributed by atoms with van der Waals surface area (Å²) in [5.41, 5.74) is 11.2. The molecule has 0 aliphatic heterocycles. The van der Waals surface area contributed by atoms with Crippen LogP contribution < -0.4 is 0 Å². The first-order chi connectivity index (χ1) is 21.6. The zero-order valence-electron chi connectivity index (χ0n) is 24.3. The molecule has 0 atom stereocenters. The Balaban J connectivity index is 1.56. The lowest BCUT2D eigenvalue weighted by atomic mass is 9.95. The Morgan fingerprint density at radius 3 is 1.73 bits per heavy atom. The van der Waals surface area contributed by atoms with Crippen molar-refractivity contribution in [1.82, 2.24) is 9.13 Å². The first-order valence-corrected chi connectivity index (χ1v) is 14.6. The fraction of sp³-hybridized carbons (Fsp3) is 0.0500. The van der Waals surface area contributed by atoms with Gasteiger partial charge < -0.3 is 9.13 Å². The zero-order chi connectivity index (χ0) is 29.9. The third-order valence-electron chi connectivity index (χ3n) is 8.66. The molecule has 0 radical (unpaired) electrons. The number of fused-ring (bicyclic) bond motifs is 6. The number of rotatable bonds is 3. The van der Waals surface area contributed by atoms with Crippen molar-refractivity contribution in [2.45, 2.75) is 13.8 Å². The zero-order valence-corrected chi connectivity index (χ0v) is 24.3. The highest BCUT2D eigenvalue weighted by Gasteiger charge is 2.22. The number of nitrogens with zero attached hydrogens (tertiary/aromatic N) is 4. The van der Waals surface area contributed by atoms with Crippen molar-refractivity contribution >= 4 is 43.6 Å². The van der Waals surface area contributed by atoms with Crippen molar-refractivity contribution < 1.29 is 0 Å². The van der Waals surface area contributed by atoms with Gasteiger partial charge in [-0.15, -0.1) is 0 Å². The van der Waals surface area contributed by atoms with Crippen molar-refractivity contribution in [3.05, 3.63) is 144 Å². The van der Waals surface area contributed by atoms with Crippen molar-refractivity contribution in [3.63, 3.8) is 0 Å². The molecule has 6 aromatic carbocycles. The molecule has 4 heteroatoms. The number of nitriles is 2. The maximum absolute atomic E-state index is 10.7. The Morgan fingerprint density at radius 2 is 1.09 bits per heavy atom. The number of para-hydroxylation sites is 2. The molecule has 44 heavy (non-hydrogen) atoms. The molecule has 0 saturated carbocycles. The SMILES string of the molecule is Cc1ccc2c(c1)c1ccccc1n2-c1cc(C#N)c(-c2cccc(C#N)c2)c(-n2c3ccccc3c3cc(C)ccc32)c1. The van der Waals surface area contributed by atoms with E-state index in [1.807, 2.05) is 24.3 Å². The molecular weight excluding hydrogens is 536 g/mol. The Hall–Kier alpha value is -6.10. The normalized spacial score (nSPS) is 11.4. The van der Waals surface area contributed by atoms with E-state index in [0.717, 1.165) is 55.3 Å². The number of aryl methyl sites for hydroxylation is 2. The van der Waals surface area contributed by atoms with E-state index in [9.17, 15) is 10.5 Å². The van der Waals surface area contributed by atoms with Gasteiger partial charge >= 0.3 is 0 Å². The minimum atomic E-state index is 0.545. The van der Waals surface area contributed by atoms with E-state index in [0.29, 0.717) is 11.1 Å². The lowest BCUT2D eigenvalue weighted by Crippen LogP contribution is -2.04. The first kappa shape index (κ1) is 25.6. The maximum atomic E-state index is 10.7. The van der Waals surface area contributed by atoms with Crippen LogP contribution >= 0.6 is 0 Å². The van der Waals surface area contributed by atoms with Crippen molar-refractivity contribution in [2.24, 2.45) is 0 Å². The van der Waals surface area contributed by atoms with Gasteiger partial charge in [0.1, 0.15) is 0 Å². The van der Waals surface area contributed by atoms with Crippen LogP contribution in [0.4, 0.5) is 0 Å². The topological polar surface area (TPSA) is 57.4 Å². The monoisotopic (exact) mass is 562 g/mol. The summed E-state index contributed by atoms with van der Waals surface area (Å²) in [7, 11) is 0. The van der Waals surface area contributed by atoms with E-state index >= 15 is 0 Å². The van der Waals surface area contributed by atoms with Gasteiger partial charge in [-0.1, -0.05) is 71.8 Å². The summed E-state index contributed by atoms with van der Waals surface area (Å²) in [5, 5.41) is 25.2. The van der Waals surface area contributed by atoms with Crippen LogP contribution in [0.25, 0.3) is 66.1 Å². The summed E-state index contributed by atoms with van der Waals surface area (Å²) in [6.45, 7) is 4.23. The van der Waals surface area contributed by atoms with Gasteiger partial charge in [0, 0.05) is 32.8 Å². The molecule has 0 amide bonds. The van der Waals surface area contributed by atoms with Crippen LogP contribution in [-0.4, -0.2) is 9.13 Å². The molecule has 0 aliphatic rings. The van der Waals surface area contributed by atoms with Crippen molar-refractivity contribution in [2.75, 3.05) is 0 Å². The predicted octanol–water partition coefficient (Wildman–Crippen LogP) is 9.91. The largest absolute Gasteiger partial charge is 0.309 e. The van der Waals surface area contributed by atoms with Gasteiger partial charge in [-0.3, -0.25) is 0 Å². The third kappa shape index (κ3) is 3.76. The molecular formula is C40H26N4. The van der Waals surface area contributed by atoms with E-state index in [-0.39, 0.29) is 0 Å². The summed E-state index contributed by atoms with van der Waals surface area (Å²) in [5.74, 6) is 0. The fourth-order valence-electron chi connectivity index (χ4n) is 6.76. The van der Waals surface area contributed by atoms with Crippen LogP contribution in [0, 0.1) is 36.5 Å². The van der Waals surface area contributed by atoms with Gasteiger partial charge in [0.2, 0.25) is 0 Å². The highest BCUT2D eigenvalue weighted by atomic mass is 15.0. The first-order valence-electron chi connectivity index (χ1n) is 14.6. The van der Waals surface area contributed by atoms with Crippen LogP contribution in [0.1, 0.15) is 22.3 Å². The Labute approximate surface area is 254 Å². The van der Waals surface area contributed by atoms with Gasteiger partial charge in [0.25, 0.3) is 0 Å². The van der Waals surface area contributed by atoms with Crippen LogP contribution in [0.2, 0.25) is 0 Å². The minimum Gasteiger partial charge on any atom is -0.309 e. The van der Waals surface area contributed by atoms with E-state index in [2.05, 4.69) is 126 Å². The lowest BCUT2D eigenvalue weighted by molar-refractivity contribution is 1.13. The molecule has 0 bridgehead atoms. The molecule has 0 fully saturated rings. The van der Waals surface area contributed by atoms with Crippen LogP contribution in [0.3, 0.4) is 0 Å². The lowest BCUT2D eigenvalue weighted by Gasteiger charge is -2.19. The average molecular weight is 563 g/mol. The van der Waals surface area contributed by atoms with Crippen LogP contribution in [0.15, 0.2) is 121 Å². The Kier molecular flexibility index (Phi) is 5.66. The van der Waals surface area contributed by atoms with Gasteiger partial charge in [0.15, 0.2) is 0 Å². The van der Waals surface area contributed by atoms with Crippen molar-refractivity contribution in [1.29, 1.82) is 10.5 Å². The number of aromatic nitrogens is 2. The van der Waals surface area contributed by atoms with Gasteiger partial charge in [-0.05, 0) is 80.1 Å². The van der Waals surface area contributed by atoms with E-state index in [4.69, 9.17) is 0 Å². The van der Waals surface area contributed by atoms with Crippen LogP contribution in [0.5, 0.6) is 0 Å². The second-order valence-electron chi connectivity index (χ2n) is 11.4. The molecule has 206 valence electrons. The number of hydrogen-bond donors (Lipinski definition) is 0. The smallest absolute Gasteiger partial charge is 0.0999 e. The molecule has 0 aliphatic carbocycles. The van der Waals surface area contributed by atoms with Crippen LogP contribution in [-0.2, 0) is 0 Å². The molecule has 0 unspecified atom stereocenters. The standard InChI is InChI=1S/C40H26N4/c1-25-14-16-37-33(18-25)31-10-3-5-12-35(31)43(37)30-21-29(24-42)40(28-9-7-8-27(20-28)23-41)39(22-30)44-36-13-6-4-11-32(36)34-19-26(2)15-17-38(34)44/h3-22H,1-2H3. The Morgan fingerprint density at radius 1 is 0.500 bits per heavy atom. The summed E-state index contributed by atoms with van der Waals surface area (Å²) >= 11 is 0. The highest BCUT2D eigenvalue weighted by molar-refractivity contribution is 6.11. The Bertz CT molecular complexity index is 2550. The minimum absolute atomic E-state index is 0.545. The molecule has 0 saturated heterocycles.